The van der Waals surface area contributed by atoms with E-state index in [1.807, 2.05) is 30.3 Å². The van der Waals surface area contributed by atoms with Crippen LogP contribution in [-0.4, -0.2) is 70.8 Å². The maximum atomic E-state index is 10.3. The number of aliphatic hydroxyl groups is 4. The van der Waals surface area contributed by atoms with Crippen LogP contribution in [0.4, 0.5) is 0 Å². The van der Waals surface area contributed by atoms with Crippen molar-refractivity contribution in [2.24, 2.45) is 0 Å². The maximum Gasteiger partial charge on any atom is 0.229 e. The van der Waals surface area contributed by atoms with E-state index >= 15 is 0 Å². The van der Waals surface area contributed by atoms with Gasteiger partial charge < -0.3 is 35.2 Å². The largest absolute Gasteiger partial charge is 0.461 e. The van der Waals surface area contributed by atoms with Crippen molar-refractivity contribution < 1.29 is 29.9 Å². The fourth-order valence-electron chi connectivity index (χ4n) is 4.18. The molecule has 28 heavy (non-hydrogen) atoms. The van der Waals surface area contributed by atoms with Gasteiger partial charge >= 0.3 is 0 Å². The summed E-state index contributed by atoms with van der Waals surface area (Å²) in [6, 6.07) is 11.8. The molecule has 2 aromatic rings. The molecule has 2 aromatic carbocycles. The first kappa shape index (κ1) is 19.6. The van der Waals surface area contributed by atoms with E-state index in [1.165, 1.54) is 5.56 Å². The molecule has 2 aliphatic rings. The van der Waals surface area contributed by atoms with Crippen molar-refractivity contribution in [2.45, 2.75) is 49.5 Å². The predicted molar refractivity (Wildman–Crippen MR) is 103 cm³/mol. The highest BCUT2D eigenvalue weighted by molar-refractivity contribution is 5.91. The molecule has 0 spiro atoms. The number of fused-ring (bicyclic) bond motifs is 1. The van der Waals surface area contributed by atoms with Crippen molar-refractivity contribution in [3.05, 3.63) is 42.0 Å². The third-order valence-electron chi connectivity index (χ3n) is 5.73. The summed E-state index contributed by atoms with van der Waals surface area (Å²) in [5.41, 5.74) is 1.17. The summed E-state index contributed by atoms with van der Waals surface area (Å²) in [6.45, 7) is 1.43. The summed E-state index contributed by atoms with van der Waals surface area (Å²) in [7, 11) is 0. The van der Waals surface area contributed by atoms with Gasteiger partial charge in [0.15, 0.2) is 0 Å². The Balaban J connectivity index is 1.68. The summed E-state index contributed by atoms with van der Waals surface area (Å²) in [4.78, 5) is 0. The molecular formula is C21H27NO6. The average molecular weight is 389 g/mol. The lowest BCUT2D eigenvalue weighted by Gasteiger charge is -2.39. The normalized spacial score (nSPS) is 33.7. The topological polar surface area (TPSA) is 111 Å². The lowest BCUT2D eigenvalue weighted by Crippen LogP contribution is -2.60. The molecule has 0 amide bonds. The smallest absolute Gasteiger partial charge is 0.229 e. The first-order valence-corrected chi connectivity index (χ1v) is 9.79. The van der Waals surface area contributed by atoms with Crippen LogP contribution in [0.2, 0.25) is 0 Å². The molecule has 0 aliphatic carbocycles. The molecule has 2 aliphatic heterocycles. The number of benzene rings is 2. The molecule has 2 heterocycles. The van der Waals surface area contributed by atoms with E-state index in [2.05, 4.69) is 11.4 Å². The van der Waals surface area contributed by atoms with Gasteiger partial charge in [-0.2, -0.15) is 0 Å². The van der Waals surface area contributed by atoms with E-state index in [9.17, 15) is 20.4 Å². The fraction of sp³-hybridized carbons (Fsp3) is 0.524. The van der Waals surface area contributed by atoms with Gasteiger partial charge in [0, 0.05) is 11.9 Å². The average Bonchev–Trinajstić information content (AvgIpc) is 2.74. The van der Waals surface area contributed by atoms with Gasteiger partial charge in [-0.05, 0) is 42.3 Å². The molecule has 5 N–H and O–H groups in total. The van der Waals surface area contributed by atoms with E-state index in [0.29, 0.717) is 11.7 Å². The van der Waals surface area contributed by atoms with Crippen LogP contribution in [-0.2, 0) is 4.74 Å². The molecule has 152 valence electrons. The number of hydrogen-bond donors (Lipinski definition) is 5. The summed E-state index contributed by atoms with van der Waals surface area (Å²) < 4.78 is 11.5. The highest BCUT2D eigenvalue weighted by Gasteiger charge is 2.44. The number of hydrogen-bond acceptors (Lipinski definition) is 7. The monoisotopic (exact) mass is 389 g/mol. The summed E-state index contributed by atoms with van der Waals surface area (Å²) in [5.74, 6) is 0.903. The van der Waals surface area contributed by atoms with Gasteiger partial charge in [0.2, 0.25) is 6.29 Å². The second-order valence-corrected chi connectivity index (χ2v) is 7.56. The Kier molecular flexibility index (Phi) is 5.82. The zero-order valence-corrected chi connectivity index (χ0v) is 15.6. The van der Waals surface area contributed by atoms with Crippen molar-refractivity contribution in [1.29, 1.82) is 0 Å². The zero-order valence-electron chi connectivity index (χ0n) is 15.6. The molecule has 0 saturated carbocycles. The van der Waals surface area contributed by atoms with Crippen LogP contribution in [0.5, 0.6) is 5.75 Å². The van der Waals surface area contributed by atoms with Crippen molar-refractivity contribution in [1.82, 2.24) is 5.32 Å². The maximum absolute atomic E-state index is 10.3. The van der Waals surface area contributed by atoms with Gasteiger partial charge in [0.25, 0.3) is 0 Å². The molecule has 0 unspecified atom stereocenters. The summed E-state index contributed by atoms with van der Waals surface area (Å²) in [6.07, 6.45) is -4.31. The Hall–Kier alpha value is -1.74. The van der Waals surface area contributed by atoms with Crippen LogP contribution in [0.1, 0.15) is 24.3 Å². The molecule has 2 saturated heterocycles. The zero-order chi connectivity index (χ0) is 19.7. The second kappa shape index (κ2) is 8.32. The van der Waals surface area contributed by atoms with Crippen LogP contribution in [0.3, 0.4) is 0 Å². The number of nitrogens with one attached hydrogen (secondary N) is 1. The Labute approximate surface area is 163 Å². The van der Waals surface area contributed by atoms with Gasteiger partial charge in [-0.15, -0.1) is 0 Å². The molecule has 0 bridgehead atoms. The minimum atomic E-state index is -1.46. The van der Waals surface area contributed by atoms with E-state index < -0.39 is 37.3 Å². The van der Waals surface area contributed by atoms with E-state index in [-0.39, 0.29) is 0 Å². The Bertz CT molecular complexity index is 801. The molecule has 7 heteroatoms. The highest BCUT2D eigenvalue weighted by Crippen LogP contribution is 2.37. The SMILES string of the molecule is OC[C@H]1O[C@@H](Oc2cccc3cccc([C@H]4CCCNC4)c23)[C@H](O)[C@H](O)[C@@H]1O. The number of aliphatic hydroxyl groups excluding tert-OH is 4. The van der Waals surface area contributed by atoms with Crippen LogP contribution in [0.15, 0.2) is 36.4 Å². The quantitative estimate of drug-likeness (QED) is 0.517. The van der Waals surface area contributed by atoms with Crippen molar-refractivity contribution in [3.63, 3.8) is 0 Å². The third kappa shape index (κ3) is 3.61. The van der Waals surface area contributed by atoms with Gasteiger partial charge in [0.05, 0.1) is 6.61 Å². The van der Waals surface area contributed by atoms with Crippen LogP contribution in [0.25, 0.3) is 10.8 Å². The summed E-state index contributed by atoms with van der Waals surface area (Å²) in [5, 5.41) is 45.1. The first-order chi connectivity index (χ1) is 13.6. The van der Waals surface area contributed by atoms with Gasteiger partial charge in [-0.3, -0.25) is 0 Å². The lowest BCUT2D eigenvalue weighted by atomic mass is 9.88. The number of piperidine rings is 1. The Morgan fingerprint density at radius 3 is 2.54 bits per heavy atom. The van der Waals surface area contributed by atoms with E-state index in [1.54, 1.807) is 0 Å². The van der Waals surface area contributed by atoms with Crippen molar-refractivity contribution in [3.8, 4) is 5.75 Å². The van der Waals surface area contributed by atoms with E-state index in [4.69, 9.17) is 9.47 Å². The minimum absolute atomic E-state index is 0.358. The van der Waals surface area contributed by atoms with Crippen molar-refractivity contribution >= 4 is 10.8 Å². The van der Waals surface area contributed by atoms with Gasteiger partial charge in [-0.1, -0.05) is 30.3 Å². The van der Waals surface area contributed by atoms with Crippen LogP contribution in [0, 0.1) is 0 Å². The van der Waals surface area contributed by atoms with Crippen molar-refractivity contribution in [2.75, 3.05) is 19.7 Å². The number of ether oxygens (including phenoxy) is 2. The molecule has 0 radical (unpaired) electrons. The molecule has 0 aromatic heterocycles. The lowest BCUT2D eigenvalue weighted by molar-refractivity contribution is -0.277. The van der Waals surface area contributed by atoms with Gasteiger partial charge in [-0.25, -0.2) is 0 Å². The molecular weight excluding hydrogens is 362 g/mol. The molecule has 7 nitrogen and oxygen atoms in total. The highest BCUT2D eigenvalue weighted by atomic mass is 16.7. The Morgan fingerprint density at radius 2 is 1.82 bits per heavy atom. The number of rotatable bonds is 4. The molecule has 2 fully saturated rings. The first-order valence-electron chi connectivity index (χ1n) is 9.79. The third-order valence-corrected chi connectivity index (χ3v) is 5.73. The Morgan fingerprint density at radius 1 is 1.04 bits per heavy atom. The summed E-state index contributed by atoms with van der Waals surface area (Å²) >= 11 is 0. The van der Waals surface area contributed by atoms with Crippen LogP contribution >= 0.6 is 0 Å². The fourth-order valence-corrected chi connectivity index (χ4v) is 4.18. The van der Waals surface area contributed by atoms with Crippen LogP contribution < -0.4 is 10.1 Å². The second-order valence-electron chi connectivity index (χ2n) is 7.56. The molecule has 4 rings (SSSR count). The standard InChI is InChI=1S/C21H27NO6/c23-11-16-18(24)19(25)20(26)21(28-16)27-15-8-2-5-12-4-1-7-14(17(12)15)13-6-3-9-22-10-13/h1-2,4-5,7-8,13,16,18-26H,3,6,9-11H2/t13-,16+,18+,19+,20+,21+/m0/s1. The van der Waals surface area contributed by atoms with E-state index in [0.717, 1.165) is 36.7 Å². The molecule has 6 atom stereocenters. The predicted octanol–water partition coefficient (Wildman–Crippen LogP) is 0.485. The van der Waals surface area contributed by atoms with Gasteiger partial charge in [0.1, 0.15) is 30.2 Å². The minimum Gasteiger partial charge on any atom is -0.461 e.